The van der Waals surface area contributed by atoms with Gasteiger partial charge in [-0.15, -0.1) is 0 Å². The van der Waals surface area contributed by atoms with E-state index in [1.165, 1.54) is 12.8 Å². The van der Waals surface area contributed by atoms with Crippen LogP contribution in [0.5, 0.6) is 0 Å². The van der Waals surface area contributed by atoms with Crippen LogP contribution in [0.4, 0.5) is 11.6 Å². The number of aromatic nitrogens is 3. The van der Waals surface area contributed by atoms with Crippen LogP contribution in [0.1, 0.15) is 42.8 Å². The SMILES string of the molecule is CCNc1nc(C2CC2)nc(NCc2ccno2)c1C. The van der Waals surface area contributed by atoms with Gasteiger partial charge in [-0.1, -0.05) is 5.16 Å². The van der Waals surface area contributed by atoms with Crippen LogP contribution >= 0.6 is 0 Å². The van der Waals surface area contributed by atoms with Crippen LogP contribution < -0.4 is 10.6 Å². The normalized spacial score (nSPS) is 14.3. The van der Waals surface area contributed by atoms with Crippen molar-refractivity contribution >= 4 is 11.6 Å². The Labute approximate surface area is 118 Å². The summed E-state index contributed by atoms with van der Waals surface area (Å²) in [6, 6.07) is 1.84. The minimum absolute atomic E-state index is 0.527. The molecule has 20 heavy (non-hydrogen) atoms. The van der Waals surface area contributed by atoms with Crippen LogP contribution in [-0.2, 0) is 6.54 Å². The molecule has 0 bridgehead atoms. The molecule has 0 saturated heterocycles. The second-order valence-electron chi connectivity index (χ2n) is 5.04. The molecular formula is C14H19N5O. The highest BCUT2D eigenvalue weighted by Gasteiger charge is 2.28. The molecule has 2 N–H and O–H groups in total. The van der Waals surface area contributed by atoms with E-state index in [0.717, 1.165) is 35.3 Å². The lowest BCUT2D eigenvalue weighted by atomic mass is 10.2. The second kappa shape index (κ2) is 5.48. The molecule has 1 fully saturated rings. The van der Waals surface area contributed by atoms with Crippen molar-refractivity contribution in [2.75, 3.05) is 17.2 Å². The number of nitrogens with zero attached hydrogens (tertiary/aromatic N) is 3. The molecule has 106 valence electrons. The molecule has 0 atom stereocenters. The monoisotopic (exact) mass is 273 g/mol. The van der Waals surface area contributed by atoms with Crippen molar-refractivity contribution in [2.24, 2.45) is 0 Å². The number of rotatable bonds is 6. The molecule has 1 saturated carbocycles. The van der Waals surface area contributed by atoms with Gasteiger partial charge in [-0.2, -0.15) is 0 Å². The lowest BCUT2D eigenvalue weighted by Crippen LogP contribution is -2.10. The first kappa shape index (κ1) is 12.9. The van der Waals surface area contributed by atoms with E-state index in [2.05, 4.69) is 32.7 Å². The van der Waals surface area contributed by atoms with E-state index in [-0.39, 0.29) is 0 Å². The Balaban J connectivity index is 1.83. The van der Waals surface area contributed by atoms with Crippen LogP contribution in [0.2, 0.25) is 0 Å². The maximum atomic E-state index is 5.09. The average molecular weight is 273 g/mol. The molecule has 0 amide bonds. The fourth-order valence-corrected chi connectivity index (χ4v) is 2.07. The van der Waals surface area contributed by atoms with Gasteiger partial charge in [-0.05, 0) is 26.7 Å². The number of hydrogen-bond acceptors (Lipinski definition) is 6. The largest absolute Gasteiger partial charge is 0.370 e. The summed E-state index contributed by atoms with van der Waals surface area (Å²) in [6.45, 7) is 5.52. The zero-order valence-corrected chi connectivity index (χ0v) is 11.8. The third kappa shape index (κ3) is 2.74. The molecular weight excluding hydrogens is 254 g/mol. The molecule has 2 aromatic rings. The Hall–Kier alpha value is -2.11. The van der Waals surface area contributed by atoms with Gasteiger partial charge in [0.25, 0.3) is 0 Å². The number of nitrogens with one attached hydrogen (secondary N) is 2. The van der Waals surface area contributed by atoms with E-state index >= 15 is 0 Å². The molecule has 3 rings (SSSR count). The van der Waals surface area contributed by atoms with Crippen molar-refractivity contribution in [3.8, 4) is 0 Å². The van der Waals surface area contributed by atoms with Crippen LogP contribution in [0.15, 0.2) is 16.8 Å². The van der Waals surface area contributed by atoms with Gasteiger partial charge >= 0.3 is 0 Å². The van der Waals surface area contributed by atoms with E-state index in [4.69, 9.17) is 4.52 Å². The smallest absolute Gasteiger partial charge is 0.155 e. The second-order valence-corrected chi connectivity index (χ2v) is 5.04. The summed E-state index contributed by atoms with van der Waals surface area (Å²) in [7, 11) is 0. The van der Waals surface area contributed by atoms with Crippen molar-refractivity contribution in [3.05, 3.63) is 29.4 Å². The van der Waals surface area contributed by atoms with Crippen LogP contribution in [0.3, 0.4) is 0 Å². The lowest BCUT2D eigenvalue weighted by Gasteiger charge is -2.13. The molecule has 0 radical (unpaired) electrons. The van der Waals surface area contributed by atoms with E-state index in [9.17, 15) is 0 Å². The molecule has 0 unspecified atom stereocenters. The molecule has 6 heteroatoms. The maximum absolute atomic E-state index is 5.09. The molecule has 2 aromatic heterocycles. The van der Waals surface area contributed by atoms with E-state index in [1.54, 1.807) is 6.20 Å². The van der Waals surface area contributed by atoms with Crippen LogP contribution in [-0.4, -0.2) is 21.7 Å². The van der Waals surface area contributed by atoms with Crippen molar-refractivity contribution < 1.29 is 4.52 Å². The molecule has 0 aliphatic heterocycles. The minimum atomic E-state index is 0.527. The molecule has 0 aromatic carbocycles. The summed E-state index contributed by atoms with van der Waals surface area (Å²) in [5.74, 6) is 4.05. The van der Waals surface area contributed by atoms with E-state index in [1.807, 2.05) is 13.0 Å². The first-order valence-electron chi connectivity index (χ1n) is 7.03. The summed E-state index contributed by atoms with van der Waals surface area (Å²) in [5, 5.41) is 10.3. The van der Waals surface area contributed by atoms with Crippen molar-refractivity contribution in [2.45, 2.75) is 39.2 Å². The fourth-order valence-electron chi connectivity index (χ4n) is 2.07. The third-order valence-corrected chi connectivity index (χ3v) is 3.37. The average Bonchev–Trinajstić information content (AvgIpc) is 3.17. The highest BCUT2D eigenvalue weighted by Crippen LogP contribution is 2.39. The lowest BCUT2D eigenvalue weighted by molar-refractivity contribution is 0.388. The summed E-state index contributed by atoms with van der Waals surface area (Å²) in [5.41, 5.74) is 1.04. The predicted molar refractivity (Wildman–Crippen MR) is 76.7 cm³/mol. The first-order chi connectivity index (χ1) is 9.78. The van der Waals surface area contributed by atoms with Gasteiger partial charge in [0.1, 0.15) is 17.5 Å². The molecule has 2 heterocycles. The summed E-state index contributed by atoms with van der Waals surface area (Å²) < 4.78 is 5.09. The number of anilines is 2. The standard InChI is InChI=1S/C14H19N5O/c1-3-15-12-9(2)13(16-8-11-6-7-17-20-11)19-14(18-12)10-4-5-10/h6-7,10H,3-5,8H2,1-2H3,(H2,15,16,18,19). The minimum Gasteiger partial charge on any atom is -0.370 e. The van der Waals surface area contributed by atoms with Gasteiger partial charge in [0, 0.05) is 24.1 Å². The molecule has 1 aliphatic rings. The Kier molecular flexibility index (Phi) is 3.54. The number of hydrogen-bond donors (Lipinski definition) is 2. The van der Waals surface area contributed by atoms with E-state index < -0.39 is 0 Å². The van der Waals surface area contributed by atoms with Crippen LogP contribution in [0, 0.1) is 6.92 Å². The topological polar surface area (TPSA) is 75.9 Å². The predicted octanol–water partition coefficient (Wildman–Crippen LogP) is 2.69. The summed E-state index contributed by atoms with van der Waals surface area (Å²) >= 11 is 0. The van der Waals surface area contributed by atoms with Gasteiger partial charge in [0.2, 0.25) is 0 Å². The molecule has 6 nitrogen and oxygen atoms in total. The fraction of sp³-hybridized carbons (Fsp3) is 0.500. The van der Waals surface area contributed by atoms with Crippen molar-refractivity contribution in [1.82, 2.24) is 15.1 Å². The third-order valence-electron chi connectivity index (χ3n) is 3.37. The van der Waals surface area contributed by atoms with Gasteiger partial charge in [0.15, 0.2) is 5.76 Å². The van der Waals surface area contributed by atoms with Crippen molar-refractivity contribution in [3.63, 3.8) is 0 Å². The Bertz CT molecular complexity index is 578. The Morgan fingerprint density at radius 3 is 2.60 bits per heavy atom. The highest BCUT2D eigenvalue weighted by atomic mass is 16.5. The van der Waals surface area contributed by atoms with Gasteiger partial charge < -0.3 is 15.2 Å². The Morgan fingerprint density at radius 1 is 1.25 bits per heavy atom. The maximum Gasteiger partial charge on any atom is 0.155 e. The molecule has 1 aliphatic carbocycles. The zero-order chi connectivity index (χ0) is 13.9. The summed E-state index contributed by atoms with van der Waals surface area (Å²) in [6.07, 6.45) is 4.02. The quantitative estimate of drug-likeness (QED) is 0.842. The van der Waals surface area contributed by atoms with E-state index in [0.29, 0.717) is 12.5 Å². The van der Waals surface area contributed by atoms with Gasteiger partial charge in [0.05, 0.1) is 12.7 Å². The highest BCUT2D eigenvalue weighted by molar-refractivity contribution is 5.57. The zero-order valence-electron chi connectivity index (χ0n) is 11.8. The summed E-state index contributed by atoms with van der Waals surface area (Å²) in [4.78, 5) is 9.28. The van der Waals surface area contributed by atoms with Gasteiger partial charge in [-0.25, -0.2) is 9.97 Å². The van der Waals surface area contributed by atoms with Gasteiger partial charge in [-0.3, -0.25) is 0 Å². The first-order valence-corrected chi connectivity index (χ1v) is 7.03. The Morgan fingerprint density at radius 2 is 2.00 bits per heavy atom. The van der Waals surface area contributed by atoms with Crippen molar-refractivity contribution in [1.29, 1.82) is 0 Å². The molecule has 0 spiro atoms. The van der Waals surface area contributed by atoms with Crippen LogP contribution in [0.25, 0.3) is 0 Å².